The smallest absolute Gasteiger partial charge is 0.243 e. The Morgan fingerprint density at radius 3 is 3.00 bits per heavy atom. The van der Waals surface area contributed by atoms with Crippen molar-refractivity contribution in [2.75, 3.05) is 0 Å². The van der Waals surface area contributed by atoms with E-state index in [9.17, 15) is 9.59 Å². The Balaban J connectivity index is 1.85. The van der Waals surface area contributed by atoms with Gasteiger partial charge in [-0.1, -0.05) is 6.92 Å². The highest BCUT2D eigenvalue weighted by Gasteiger charge is 2.25. The highest BCUT2D eigenvalue weighted by Crippen LogP contribution is 2.06. The molecule has 3 N–H and O–H groups in total. The van der Waals surface area contributed by atoms with Crippen LogP contribution in [0.2, 0.25) is 0 Å². The molecule has 17 heavy (non-hydrogen) atoms. The van der Waals surface area contributed by atoms with E-state index >= 15 is 0 Å². The summed E-state index contributed by atoms with van der Waals surface area (Å²) in [6.45, 7) is 2.59. The molecular weight excluding hydrogens is 220 g/mol. The lowest BCUT2D eigenvalue weighted by atomic mass is 10.1. The van der Waals surface area contributed by atoms with E-state index in [0.717, 1.165) is 17.8 Å². The second-order valence-electron chi connectivity index (χ2n) is 4.12. The molecule has 1 aliphatic heterocycles. The van der Waals surface area contributed by atoms with Gasteiger partial charge in [-0.2, -0.15) is 5.10 Å². The summed E-state index contributed by atoms with van der Waals surface area (Å²) in [6, 6.07) is 1.68. The lowest BCUT2D eigenvalue weighted by molar-refractivity contribution is -0.134. The Hall–Kier alpha value is -1.69. The summed E-state index contributed by atoms with van der Waals surface area (Å²) < 4.78 is 0. The molecule has 2 heterocycles. The summed E-state index contributed by atoms with van der Waals surface area (Å²) in [6.07, 6.45) is 1.83. The highest BCUT2D eigenvalue weighted by atomic mass is 16.2. The highest BCUT2D eigenvalue weighted by molar-refractivity contribution is 6.00. The van der Waals surface area contributed by atoms with Gasteiger partial charge in [-0.05, 0) is 18.9 Å². The number of nitrogens with one attached hydrogen (secondary N) is 3. The summed E-state index contributed by atoms with van der Waals surface area (Å²) >= 11 is 0. The molecule has 1 unspecified atom stereocenters. The van der Waals surface area contributed by atoms with E-state index in [4.69, 9.17) is 0 Å². The number of nitrogens with zero attached hydrogens (tertiary/aromatic N) is 1. The Morgan fingerprint density at radius 1 is 1.53 bits per heavy atom. The van der Waals surface area contributed by atoms with E-state index in [-0.39, 0.29) is 17.9 Å². The zero-order chi connectivity index (χ0) is 12.3. The second-order valence-corrected chi connectivity index (χ2v) is 4.12. The molecular formula is C11H16N4O2. The SMILES string of the molecule is CCc1cc(CNC2CCC(=O)NC2=O)[nH]n1. The number of imide groups is 1. The average Bonchev–Trinajstić information content (AvgIpc) is 2.76. The number of rotatable bonds is 4. The lowest BCUT2D eigenvalue weighted by Crippen LogP contribution is -2.50. The molecule has 2 amide bonds. The maximum Gasteiger partial charge on any atom is 0.243 e. The minimum absolute atomic E-state index is 0.192. The molecule has 0 aliphatic carbocycles. The van der Waals surface area contributed by atoms with E-state index in [1.807, 2.05) is 13.0 Å². The number of H-pyrrole nitrogens is 1. The summed E-state index contributed by atoms with van der Waals surface area (Å²) in [7, 11) is 0. The monoisotopic (exact) mass is 236 g/mol. The van der Waals surface area contributed by atoms with Gasteiger partial charge in [0.15, 0.2) is 0 Å². The van der Waals surface area contributed by atoms with E-state index in [0.29, 0.717) is 19.4 Å². The van der Waals surface area contributed by atoms with Crippen LogP contribution in [0, 0.1) is 0 Å². The number of piperidine rings is 1. The molecule has 0 radical (unpaired) electrons. The van der Waals surface area contributed by atoms with Gasteiger partial charge in [0.2, 0.25) is 11.8 Å². The maximum absolute atomic E-state index is 11.5. The van der Waals surface area contributed by atoms with Crippen LogP contribution in [0.25, 0.3) is 0 Å². The van der Waals surface area contributed by atoms with E-state index < -0.39 is 0 Å². The summed E-state index contributed by atoms with van der Waals surface area (Å²) in [5, 5.41) is 12.4. The maximum atomic E-state index is 11.5. The Kier molecular flexibility index (Phi) is 3.53. The second kappa shape index (κ2) is 5.09. The van der Waals surface area contributed by atoms with E-state index in [1.54, 1.807) is 0 Å². The number of amides is 2. The van der Waals surface area contributed by atoms with E-state index in [1.165, 1.54) is 0 Å². The van der Waals surface area contributed by atoms with Gasteiger partial charge in [0.1, 0.15) is 0 Å². The van der Waals surface area contributed by atoms with Crippen LogP contribution in [0.1, 0.15) is 31.2 Å². The summed E-state index contributed by atoms with van der Waals surface area (Å²) in [5.41, 5.74) is 1.96. The molecule has 1 fully saturated rings. The van der Waals surface area contributed by atoms with Crippen molar-refractivity contribution in [3.63, 3.8) is 0 Å². The number of aromatic amines is 1. The standard InChI is InChI=1S/C11H16N4O2/c1-2-7-5-8(15-14-7)6-12-9-3-4-10(16)13-11(9)17/h5,9,12H,2-4,6H2,1H3,(H,14,15)(H,13,16,17). The van der Waals surface area contributed by atoms with Crippen molar-refractivity contribution in [1.82, 2.24) is 20.8 Å². The van der Waals surface area contributed by atoms with Crippen molar-refractivity contribution in [1.29, 1.82) is 0 Å². The molecule has 0 aromatic carbocycles. The Bertz CT molecular complexity index is 427. The van der Waals surface area contributed by atoms with Crippen molar-refractivity contribution in [2.24, 2.45) is 0 Å². The van der Waals surface area contributed by atoms with Crippen LogP contribution in [0.15, 0.2) is 6.07 Å². The van der Waals surface area contributed by atoms with Crippen LogP contribution in [-0.4, -0.2) is 28.1 Å². The minimum Gasteiger partial charge on any atom is -0.300 e. The van der Waals surface area contributed by atoms with Crippen LogP contribution in [-0.2, 0) is 22.6 Å². The third-order valence-electron chi connectivity index (χ3n) is 2.82. The fourth-order valence-electron chi connectivity index (χ4n) is 1.80. The van der Waals surface area contributed by atoms with E-state index in [2.05, 4.69) is 20.8 Å². The van der Waals surface area contributed by atoms with Gasteiger partial charge >= 0.3 is 0 Å². The number of aromatic nitrogens is 2. The van der Waals surface area contributed by atoms with Crippen LogP contribution < -0.4 is 10.6 Å². The predicted octanol–water partition coefficient (Wildman–Crippen LogP) is -0.133. The van der Waals surface area contributed by atoms with Crippen molar-refractivity contribution in [3.8, 4) is 0 Å². The van der Waals surface area contributed by atoms with Gasteiger partial charge in [-0.15, -0.1) is 0 Å². The first kappa shape index (κ1) is 11.8. The van der Waals surface area contributed by atoms with Crippen molar-refractivity contribution >= 4 is 11.8 Å². The number of hydrogen-bond donors (Lipinski definition) is 3. The molecule has 0 bridgehead atoms. The molecule has 1 aromatic heterocycles. The predicted molar refractivity (Wildman–Crippen MR) is 61.0 cm³/mol. The summed E-state index contributed by atoms with van der Waals surface area (Å²) in [5.74, 6) is -0.431. The first-order chi connectivity index (χ1) is 8.19. The zero-order valence-corrected chi connectivity index (χ0v) is 9.75. The third kappa shape index (κ3) is 2.91. The largest absolute Gasteiger partial charge is 0.300 e. The Labute approximate surface area is 99.2 Å². The van der Waals surface area contributed by atoms with Crippen molar-refractivity contribution in [3.05, 3.63) is 17.5 Å². The first-order valence-electron chi connectivity index (χ1n) is 5.79. The number of aryl methyl sites for hydroxylation is 1. The van der Waals surface area contributed by atoms with Crippen LogP contribution in [0.3, 0.4) is 0 Å². The van der Waals surface area contributed by atoms with Gasteiger partial charge in [0, 0.05) is 18.7 Å². The molecule has 92 valence electrons. The molecule has 6 heteroatoms. The normalized spacial score (nSPS) is 20.4. The van der Waals surface area contributed by atoms with Gasteiger partial charge < -0.3 is 5.32 Å². The number of carbonyl (C=O) groups is 2. The first-order valence-corrected chi connectivity index (χ1v) is 5.79. The molecule has 1 atom stereocenters. The van der Waals surface area contributed by atoms with Gasteiger partial charge in [0.25, 0.3) is 0 Å². The van der Waals surface area contributed by atoms with Crippen molar-refractivity contribution in [2.45, 2.75) is 38.8 Å². The third-order valence-corrected chi connectivity index (χ3v) is 2.82. The number of carbonyl (C=O) groups excluding carboxylic acids is 2. The molecule has 6 nitrogen and oxygen atoms in total. The van der Waals surface area contributed by atoms with Gasteiger partial charge in [-0.3, -0.25) is 20.0 Å². The molecule has 1 aromatic rings. The van der Waals surface area contributed by atoms with Gasteiger partial charge in [-0.25, -0.2) is 0 Å². The fraction of sp³-hybridized carbons (Fsp3) is 0.545. The quantitative estimate of drug-likeness (QED) is 0.635. The molecule has 0 saturated carbocycles. The fourth-order valence-corrected chi connectivity index (χ4v) is 1.80. The topological polar surface area (TPSA) is 86.9 Å². The van der Waals surface area contributed by atoms with Crippen molar-refractivity contribution < 1.29 is 9.59 Å². The minimum atomic E-state index is -0.291. The number of hydrogen-bond acceptors (Lipinski definition) is 4. The average molecular weight is 236 g/mol. The van der Waals surface area contributed by atoms with Gasteiger partial charge in [0.05, 0.1) is 11.7 Å². The zero-order valence-electron chi connectivity index (χ0n) is 9.75. The van der Waals surface area contributed by atoms with Crippen LogP contribution >= 0.6 is 0 Å². The Morgan fingerprint density at radius 2 is 2.35 bits per heavy atom. The molecule has 0 spiro atoms. The molecule has 1 aliphatic rings. The van der Waals surface area contributed by atoms with Crippen LogP contribution in [0.4, 0.5) is 0 Å². The summed E-state index contributed by atoms with van der Waals surface area (Å²) in [4.78, 5) is 22.4. The molecule has 1 saturated heterocycles. The molecule has 2 rings (SSSR count). The van der Waals surface area contributed by atoms with Crippen LogP contribution in [0.5, 0.6) is 0 Å². The lowest BCUT2D eigenvalue weighted by Gasteiger charge is -2.21.